The Morgan fingerprint density at radius 1 is 1.36 bits per heavy atom. The van der Waals surface area contributed by atoms with Gasteiger partial charge in [0.05, 0.1) is 18.8 Å². The first kappa shape index (κ1) is 19.5. The maximum absolute atomic E-state index is 12.4. The van der Waals surface area contributed by atoms with Crippen LogP contribution in [0.1, 0.15) is 24.1 Å². The molecule has 0 radical (unpaired) electrons. The molecule has 140 valence electrons. The maximum Gasteiger partial charge on any atom is 0.401 e. The van der Waals surface area contributed by atoms with E-state index in [1.165, 1.54) is 4.90 Å². The zero-order valence-corrected chi connectivity index (χ0v) is 14.6. The molecular formula is C17H25F3N4O. The Hall–Kier alpha value is -1.83. The third-order valence-electron chi connectivity index (χ3n) is 4.37. The van der Waals surface area contributed by atoms with E-state index in [9.17, 15) is 18.0 Å². The average molecular weight is 358 g/mol. The van der Waals surface area contributed by atoms with Crippen molar-refractivity contribution < 1.29 is 18.0 Å². The Labute approximate surface area is 146 Å². The second-order valence-electron chi connectivity index (χ2n) is 6.70. The van der Waals surface area contributed by atoms with Crippen LogP contribution in [0.3, 0.4) is 0 Å². The highest BCUT2D eigenvalue weighted by Crippen LogP contribution is 2.22. The Bertz CT molecular complexity index is 554. The van der Waals surface area contributed by atoms with Gasteiger partial charge < -0.3 is 10.2 Å². The van der Waals surface area contributed by atoms with Crippen molar-refractivity contribution in [3.63, 3.8) is 0 Å². The number of piperidine rings is 1. The first-order valence-corrected chi connectivity index (χ1v) is 8.42. The normalized spacial score (nSPS) is 16.7. The van der Waals surface area contributed by atoms with Crippen molar-refractivity contribution in [1.82, 2.24) is 20.1 Å². The molecule has 5 nitrogen and oxygen atoms in total. The van der Waals surface area contributed by atoms with E-state index < -0.39 is 12.7 Å². The molecule has 25 heavy (non-hydrogen) atoms. The van der Waals surface area contributed by atoms with E-state index in [-0.39, 0.29) is 11.9 Å². The Morgan fingerprint density at radius 3 is 2.60 bits per heavy atom. The second kappa shape index (κ2) is 8.51. The van der Waals surface area contributed by atoms with Crippen molar-refractivity contribution >= 4 is 6.03 Å². The smallest absolute Gasteiger partial charge is 0.338 e. The van der Waals surface area contributed by atoms with Crippen LogP contribution in [-0.2, 0) is 6.54 Å². The van der Waals surface area contributed by atoms with Crippen LogP contribution in [0, 0.1) is 12.8 Å². The van der Waals surface area contributed by atoms with Gasteiger partial charge in [-0.1, -0.05) is 6.07 Å². The molecule has 2 amide bonds. The van der Waals surface area contributed by atoms with Crippen molar-refractivity contribution in [3.05, 3.63) is 29.6 Å². The van der Waals surface area contributed by atoms with E-state index >= 15 is 0 Å². The number of nitrogens with zero attached hydrogens (tertiary/aromatic N) is 3. The fourth-order valence-corrected chi connectivity index (χ4v) is 2.88. The number of aromatic nitrogens is 1. The number of amides is 2. The van der Waals surface area contributed by atoms with Crippen molar-refractivity contribution in [3.8, 4) is 0 Å². The molecule has 2 rings (SSSR count). The summed E-state index contributed by atoms with van der Waals surface area (Å²) in [6.45, 7) is 2.85. The molecule has 0 aliphatic carbocycles. The van der Waals surface area contributed by atoms with Crippen molar-refractivity contribution in [2.45, 2.75) is 32.5 Å². The lowest BCUT2D eigenvalue weighted by Crippen LogP contribution is -2.44. The third-order valence-corrected chi connectivity index (χ3v) is 4.37. The van der Waals surface area contributed by atoms with Gasteiger partial charge in [0.15, 0.2) is 0 Å². The van der Waals surface area contributed by atoms with Gasteiger partial charge >= 0.3 is 12.2 Å². The minimum absolute atomic E-state index is 0.194. The van der Waals surface area contributed by atoms with E-state index in [2.05, 4.69) is 10.3 Å². The van der Waals surface area contributed by atoms with Gasteiger partial charge in [0.1, 0.15) is 0 Å². The molecule has 1 aliphatic heterocycles. The van der Waals surface area contributed by atoms with Gasteiger partial charge in [-0.05, 0) is 50.4 Å². The molecule has 1 aliphatic rings. The van der Waals surface area contributed by atoms with Gasteiger partial charge in [0.25, 0.3) is 0 Å². The first-order valence-electron chi connectivity index (χ1n) is 8.42. The summed E-state index contributed by atoms with van der Waals surface area (Å²) in [6.07, 6.45) is -1.05. The van der Waals surface area contributed by atoms with Gasteiger partial charge in [0.2, 0.25) is 0 Å². The Morgan fingerprint density at radius 2 is 2.04 bits per heavy atom. The molecule has 1 aromatic rings. The highest BCUT2D eigenvalue weighted by molar-refractivity contribution is 5.73. The van der Waals surface area contributed by atoms with Crippen molar-refractivity contribution in [2.75, 3.05) is 33.2 Å². The number of aryl methyl sites for hydroxylation is 1. The molecule has 0 atom stereocenters. The quantitative estimate of drug-likeness (QED) is 0.881. The average Bonchev–Trinajstić information content (AvgIpc) is 2.54. The summed E-state index contributed by atoms with van der Waals surface area (Å²) in [7, 11) is 1.70. The van der Waals surface area contributed by atoms with Crippen LogP contribution < -0.4 is 5.32 Å². The molecule has 1 aromatic heterocycles. The monoisotopic (exact) mass is 358 g/mol. The van der Waals surface area contributed by atoms with Crippen molar-refractivity contribution in [1.29, 1.82) is 0 Å². The number of carbonyl (C=O) groups excluding carboxylic acids is 1. The summed E-state index contributed by atoms with van der Waals surface area (Å²) < 4.78 is 37.1. The maximum atomic E-state index is 12.4. The zero-order chi connectivity index (χ0) is 18.4. The van der Waals surface area contributed by atoms with Crippen LogP contribution in [0.15, 0.2) is 18.3 Å². The molecule has 8 heteroatoms. The number of nitrogens with one attached hydrogen (secondary N) is 1. The van der Waals surface area contributed by atoms with E-state index in [0.717, 1.165) is 11.3 Å². The lowest BCUT2D eigenvalue weighted by molar-refractivity contribution is -0.148. The fourth-order valence-electron chi connectivity index (χ4n) is 2.88. The summed E-state index contributed by atoms with van der Waals surface area (Å²) >= 11 is 0. The zero-order valence-electron chi connectivity index (χ0n) is 14.6. The summed E-state index contributed by atoms with van der Waals surface area (Å²) in [4.78, 5) is 19.4. The van der Waals surface area contributed by atoms with Crippen LogP contribution in [0.5, 0.6) is 0 Å². The number of alkyl halides is 3. The molecule has 0 saturated carbocycles. The third kappa shape index (κ3) is 6.89. The first-order chi connectivity index (χ1) is 11.7. The number of hydrogen-bond donors (Lipinski definition) is 1. The number of hydrogen-bond acceptors (Lipinski definition) is 3. The van der Waals surface area contributed by atoms with Gasteiger partial charge in [-0.3, -0.25) is 9.88 Å². The van der Waals surface area contributed by atoms with Crippen LogP contribution >= 0.6 is 0 Å². The highest BCUT2D eigenvalue weighted by atomic mass is 19.4. The van der Waals surface area contributed by atoms with Crippen LogP contribution in [0.25, 0.3) is 0 Å². The lowest BCUT2D eigenvalue weighted by Gasteiger charge is -2.32. The Balaban J connectivity index is 1.69. The fraction of sp³-hybridized carbons (Fsp3) is 0.647. The largest absolute Gasteiger partial charge is 0.401 e. The predicted molar refractivity (Wildman–Crippen MR) is 89.1 cm³/mol. The standard InChI is InChI=1S/C17H25F3N4O/c1-13-3-4-15(21-9-13)11-23(2)16(25)22-10-14-5-7-24(8-6-14)12-17(18,19)20/h3-4,9,14H,5-8,10-12H2,1-2H3,(H,22,25). The van der Waals surface area contributed by atoms with E-state index in [1.807, 2.05) is 19.1 Å². The van der Waals surface area contributed by atoms with Gasteiger partial charge in [-0.2, -0.15) is 13.2 Å². The molecule has 0 spiro atoms. The minimum Gasteiger partial charge on any atom is -0.338 e. The van der Waals surface area contributed by atoms with Gasteiger partial charge in [0, 0.05) is 19.8 Å². The minimum atomic E-state index is -4.15. The molecule has 0 unspecified atom stereocenters. The SMILES string of the molecule is Cc1ccc(CN(C)C(=O)NCC2CCN(CC(F)(F)F)CC2)nc1. The molecular weight excluding hydrogens is 333 g/mol. The van der Waals surface area contributed by atoms with Crippen LogP contribution in [0.4, 0.5) is 18.0 Å². The number of pyridine rings is 1. The molecule has 1 saturated heterocycles. The van der Waals surface area contributed by atoms with E-state index in [4.69, 9.17) is 0 Å². The van der Waals surface area contributed by atoms with Crippen LogP contribution in [-0.4, -0.2) is 60.2 Å². The van der Waals surface area contributed by atoms with Gasteiger partial charge in [-0.15, -0.1) is 0 Å². The molecule has 1 N–H and O–H groups in total. The van der Waals surface area contributed by atoms with E-state index in [1.54, 1.807) is 18.1 Å². The summed E-state index contributed by atoms with van der Waals surface area (Å²) in [5.74, 6) is 0.222. The Kier molecular flexibility index (Phi) is 6.64. The highest BCUT2D eigenvalue weighted by Gasteiger charge is 2.32. The summed E-state index contributed by atoms with van der Waals surface area (Å²) in [5.41, 5.74) is 1.87. The molecule has 1 fully saturated rings. The number of carbonyl (C=O) groups is 1. The topological polar surface area (TPSA) is 48.5 Å². The molecule has 0 aromatic carbocycles. The molecule has 2 heterocycles. The second-order valence-corrected chi connectivity index (χ2v) is 6.70. The molecule has 0 bridgehead atoms. The van der Waals surface area contributed by atoms with Crippen LogP contribution in [0.2, 0.25) is 0 Å². The predicted octanol–water partition coefficient (Wildman–Crippen LogP) is 2.81. The van der Waals surface area contributed by atoms with E-state index in [0.29, 0.717) is 39.0 Å². The van der Waals surface area contributed by atoms with Gasteiger partial charge in [-0.25, -0.2) is 4.79 Å². The summed E-state index contributed by atoms with van der Waals surface area (Å²) in [6, 6.07) is 3.64. The number of halogens is 3. The number of urea groups is 1. The summed E-state index contributed by atoms with van der Waals surface area (Å²) in [5, 5.41) is 2.87. The lowest BCUT2D eigenvalue weighted by atomic mass is 9.97. The number of rotatable bonds is 5. The number of likely N-dealkylation sites (tertiary alicyclic amines) is 1. The van der Waals surface area contributed by atoms with Crippen molar-refractivity contribution in [2.24, 2.45) is 5.92 Å².